The smallest absolute Gasteiger partial charge is 0.407 e. The average Bonchev–Trinajstić information content (AvgIpc) is 2.94. The normalized spacial score (nSPS) is 21.3. The van der Waals surface area contributed by atoms with Crippen LogP contribution < -0.4 is 15.4 Å². The maximum Gasteiger partial charge on any atom is 0.407 e. The molecule has 2 aromatic carbocycles. The predicted octanol–water partition coefficient (Wildman–Crippen LogP) is 2.42. The number of carbonyl (C=O) groups excluding carboxylic acids is 5. The Morgan fingerprint density at radius 2 is 1.48 bits per heavy atom. The fourth-order valence-electron chi connectivity index (χ4n) is 3.84. The molecular weight excluding hydrogens is 559 g/mol. The van der Waals surface area contributed by atoms with Crippen LogP contribution >= 0.6 is 0 Å². The summed E-state index contributed by atoms with van der Waals surface area (Å²) in [5, 5.41) is 4.92. The first-order chi connectivity index (χ1) is 20.0. The van der Waals surface area contributed by atoms with Gasteiger partial charge in [-0.25, -0.2) is 9.18 Å². The van der Waals surface area contributed by atoms with Crippen molar-refractivity contribution >= 4 is 35.6 Å². The van der Waals surface area contributed by atoms with E-state index in [0.717, 1.165) is 26.3 Å². The van der Waals surface area contributed by atoms with Gasteiger partial charge < -0.3 is 39.1 Å². The second-order valence-corrected chi connectivity index (χ2v) is 9.04. The molecule has 1 heterocycles. The van der Waals surface area contributed by atoms with Crippen LogP contribution in [0.25, 0.3) is 0 Å². The van der Waals surface area contributed by atoms with E-state index in [1.807, 2.05) is 18.2 Å². The van der Waals surface area contributed by atoms with Gasteiger partial charge in [0, 0.05) is 26.5 Å². The van der Waals surface area contributed by atoms with E-state index >= 15 is 4.39 Å². The molecule has 0 radical (unpaired) electrons. The van der Waals surface area contributed by atoms with Gasteiger partial charge in [0.1, 0.15) is 31.6 Å². The van der Waals surface area contributed by atoms with Crippen molar-refractivity contribution in [3.05, 3.63) is 60.2 Å². The molecule has 0 aliphatic carbocycles. The van der Waals surface area contributed by atoms with Crippen LogP contribution in [0.1, 0.15) is 26.3 Å². The summed E-state index contributed by atoms with van der Waals surface area (Å²) in [7, 11) is 0. The molecule has 0 spiro atoms. The Labute approximate surface area is 240 Å². The van der Waals surface area contributed by atoms with Crippen molar-refractivity contribution in [1.29, 1.82) is 0 Å². The molecule has 1 aliphatic rings. The van der Waals surface area contributed by atoms with Crippen LogP contribution in [0.4, 0.5) is 14.9 Å². The maximum absolute atomic E-state index is 15.5. The van der Waals surface area contributed by atoms with Crippen molar-refractivity contribution in [3.63, 3.8) is 0 Å². The van der Waals surface area contributed by atoms with E-state index in [2.05, 4.69) is 10.6 Å². The van der Waals surface area contributed by atoms with Gasteiger partial charge in [0.15, 0.2) is 12.2 Å². The first-order valence-corrected chi connectivity index (χ1v) is 12.8. The fraction of sp³-hybridized carbons (Fsp3) is 0.393. The Morgan fingerprint density at radius 3 is 2.10 bits per heavy atom. The maximum atomic E-state index is 15.5. The molecule has 226 valence electrons. The summed E-state index contributed by atoms with van der Waals surface area (Å²) in [4.78, 5) is 58.7. The zero-order valence-corrected chi connectivity index (χ0v) is 23.1. The molecule has 0 unspecified atom stereocenters. The molecule has 42 heavy (non-hydrogen) atoms. The first kappa shape index (κ1) is 31.8. The second kappa shape index (κ2) is 15.3. The van der Waals surface area contributed by atoms with Gasteiger partial charge in [-0.05, 0) is 29.8 Å². The Balaban J connectivity index is 1.57. The lowest BCUT2D eigenvalue weighted by molar-refractivity contribution is -0.271. The van der Waals surface area contributed by atoms with E-state index in [4.69, 9.17) is 28.4 Å². The molecule has 14 heteroatoms. The van der Waals surface area contributed by atoms with Crippen LogP contribution in [0, 0.1) is 0 Å². The van der Waals surface area contributed by atoms with Gasteiger partial charge in [0.25, 0.3) is 0 Å². The summed E-state index contributed by atoms with van der Waals surface area (Å²) in [6.45, 7) is 2.55. The molecule has 2 N–H and O–H groups in total. The Hall–Kier alpha value is -4.72. The van der Waals surface area contributed by atoms with Crippen LogP contribution in [-0.2, 0) is 49.5 Å². The van der Waals surface area contributed by atoms with E-state index in [0.29, 0.717) is 5.69 Å². The monoisotopic (exact) mass is 590 g/mol. The third kappa shape index (κ3) is 10.0. The quantitative estimate of drug-likeness (QED) is 0.292. The lowest BCUT2D eigenvalue weighted by Gasteiger charge is -2.41. The predicted molar refractivity (Wildman–Crippen MR) is 142 cm³/mol. The Bertz CT molecular complexity index is 1240. The third-order valence-corrected chi connectivity index (χ3v) is 5.62. The van der Waals surface area contributed by atoms with Gasteiger partial charge in [-0.3, -0.25) is 19.2 Å². The van der Waals surface area contributed by atoms with Crippen LogP contribution in [0.3, 0.4) is 0 Å². The number of carbonyl (C=O) groups is 5. The van der Waals surface area contributed by atoms with Crippen molar-refractivity contribution in [2.45, 2.75) is 58.2 Å². The Morgan fingerprint density at radius 1 is 0.833 bits per heavy atom. The molecule has 2 aromatic rings. The number of alkyl carbamates (subject to hydrolysis) is 1. The Kier molecular flexibility index (Phi) is 11.6. The van der Waals surface area contributed by atoms with Crippen LogP contribution in [0.5, 0.6) is 5.75 Å². The molecule has 0 bridgehead atoms. The number of ether oxygens (including phenoxy) is 6. The lowest BCUT2D eigenvalue weighted by Crippen LogP contribution is -2.61. The summed E-state index contributed by atoms with van der Waals surface area (Å²) >= 11 is 0. The second-order valence-electron chi connectivity index (χ2n) is 9.04. The van der Waals surface area contributed by atoms with E-state index in [9.17, 15) is 24.0 Å². The molecule has 13 nitrogen and oxygen atoms in total. The summed E-state index contributed by atoms with van der Waals surface area (Å²) in [5.41, 5.74) is 1.14. The van der Waals surface area contributed by atoms with E-state index in [1.54, 1.807) is 12.1 Å². The molecular formula is C28H31FN2O11. The number of rotatable bonds is 11. The molecule has 5 atom stereocenters. The van der Waals surface area contributed by atoms with Gasteiger partial charge in [0.2, 0.25) is 18.4 Å². The van der Waals surface area contributed by atoms with Crippen molar-refractivity contribution < 1.29 is 56.8 Å². The first-order valence-electron chi connectivity index (χ1n) is 12.8. The minimum Gasteiger partial charge on any atom is -0.463 e. The van der Waals surface area contributed by atoms with Crippen LogP contribution in [-0.4, -0.2) is 73.8 Å². The molecule has 0 aromatic heterocycles. The number of hydrogen-bond donors (Lipinski definition) is 2. The van der Waals surface area contributed by atoms with E-state index < -0.39 is 67.3 Å². The summed E-state index contributed by atoms with van der Waals surface area (Å²) < 4.78 is 46.9. The number of anilines is 1. The zero-order chi connectivity index (χ0) is 30.6. The van der Waals surface area contributed by atoms with Gasteiger partial charge >= 0.3 is 24.0 Å². The average molecular weight is 591 g/mol. The number of benzene rings is 2. The minimum atomic E-state index is -2.10. The highest BCUT2D eigenvalue weighted by Gasteiger charge is 2.52. The van der Waals surface area contributed by atoms with Gasteiger partial charge in [-0.15, -0.1) is 0 Å². The standard InChI is InChI=1S/C28H31FN2O11/c1-16(32)37-15-22-25(39-17(2)33)26(40-18(3)34)24(29)27(42-22)41-21-11-9-20(10-12-21)31-23(35)13-30-28(36)38-14-19-7-5-4-6-8-19/h4-12,22,24-27H,13-15H2,1-3H3,(H,30,36)(H,31,35)/t22-,24-,25-,26-,27-/m1/s1. The zero-order valence-electron chi connectivity index (χ0n) is 23.1. The molecule has 1 saturated heterocycles. The van der Waals surface area contributed by atoms with Crippen molar-refractivity contribution in [3.8, 4) is 5.75 Å². The lowest BCUT2D eigenvalue weighted by atomic mass is 9.99. The number of amides is 2. The summed E-state index contributed by atoms with van der Waals surface area (Å²) in [6, 6.07) is 14.8. The fourth-order valence-corrected chi connectivity index (χ4v) is 3.84. The molecule has 1 aliphatic heterocycles. The largest absolute Gasteiger partial charge is 0.463 e. The molecule has 2 amide bonds. The number of hydrogen-bond acceptors (Lipinski definition) is 11. The minimum absolute atomic E-state index is 0.0523. The molecule has 3 rings (SSSR count). The highest BCUT2D eigenvalue weighted by atomic mass is 19.1. The number of esters is 3. The topological polar surface area (TPSA) is 165 Å². The summed E-state index contributed by atoms with van der Waals surface area (Å²) in [6.07, 6.45) is -8.75. The van der Waals surface area contributed by atoms with E-state index in [1.165, 1.54) is 24.3 Å². The van der Waals surface area contributed by atoms with E-state index in [-0.39, 0.29) is 18.9 Å². The number of halogens is 1. The highest BCUT2D eigenvalue weighted by Crippen LogP contribution is 2.31. The van der Waals surface area contributed by atoms with Gasteiger partial charge in [-0.1, -0.05) is 30.3 Å². The van der Waals surface area contributed by atoms with Crippen LogP contribution in [0.15, 0.2) is 54.6 Å². The third-order valence-electron chi connectivity index (χ3n) is 5.62. The van der Waals surface area contributed by atoms with Crippen molar-refractivity contribution in [1.82, 2.24) is 5.32 Å². The molecule has 0 saturated carbocycles. The number of nitrogens with one attached hydrogen (secondary N) is 2. The van der Waals surface area contributed by atoms with Crippen molar-refractivity contribution in [2.24, 2.45) is 0 Å². The van der Waals surface area contributed by atoms with Gasteiger partial charge in [0.05, 0.1) is 0 Å². The molecule has 1 fully saturated rings. The van der Waals surface area contributed by atoms with Gasteiger partial charge in [-0.2, -0.15) is 0 Å². The van der Waals surface area contributed by atoms with Crippen LogP contribution in [0.2, 0.25) is 0 Å². The SMILES string of the molecule is CC(=O)OC[C@H]1O[C@@H](Oc2ccc(NC(=O)CNC(=O)OCc3ccccc3)cc2)[C@H](F)[C@@H](OC(C)=O)[C@@H]1OC(C)=O. The highest BCUT2D eigenvalue weighted by molar-refractivity contribution is 5.93. The van der Waals surface area contributed by atoms with Crippen molar-refractivity contribution in [2.75, 3.05) is 18.5 Å². The number of alkyl halides is 1. The summed E-state index contributed by atoms with van der Waals surface area (Å²) in [5.74, 6) is -2.72.